The van der Waals surface area contributed by atoms with Crippen molar-refractivity contribution in [3.8, 4) is 11.3 Å². The van der Waals surface area contributed by atoms with Crippen LogP contribution in [0.2, 0.25) is 5.02 Å². The highest BCUT2D eigenvalue weighted by molar-refractivity contribution is 6.30. The lowest BCUT2D eigenvalue weighted by Crippen LogP contribution is -2.37. The summed E-state index contributed by atoms with van der Waals surface area (Å²) in [5.41, 5.74) is 2.53. The van der Waals surface area contributed by atoms with E-state index >= 15 is 0 Å². The Hall–Kier alpha value is -2.92. The van der Waals surface area contributed by atoms with Crippen LogP contribution in [0.1, 0.15) is 30.1 Å². The Morgan fingerprint density at radius 2 is 1.86 bits per heavy atom. The third-order valence-corrected chi connectivity index (χ3v) is 4.90. The van der Waals surface area contributed by atoms with E-state index < -0.39 is 12.1 Å². The molecule has 0 radical (unpaired) electrons. The van der Waals surface area contributed by atoms with Crippen LogP contribution in [0.3, 0.4) is 0 Å². The Balaban J connectivity index is 1.67. The predicted octanol–water partition coefficient (Wildman–Crippen LogP) is 4.38. The first-order chi connectivity index (χ1) is 13.5. The number of para-hydroxylation sites is 1. The molecule has 0 saturated heterocycles. The van der Waals surface area contributed by atoms with Gasteiger partial charge in [0, 0.05) is 22.0 Å². The summed E-state index contributed by atoms with van der Waals surface area (Å²) in [6, 6.07) is 16.5. The Morgan fingerprint density at radius 3 is 2.57 bits per heavy atom. The van der Waals surface area contributed by atoms with Gasteiger partial charge in [-0.25, -0.2) is 9.78 Å². The molecule has 0 aliphatic heterocycles. The summed E-state index contributed by atoms with van der Waals surface area (Å²) in [6.45, 7) is 1.58. The molecule has 1 amide bonds. The van der Waals surface area contributed by atoms with Crippen molar-refractivity contribution in [2.45, 2.75) is 31.9 Å². The molecule has 1 heterocycles. The van der Waals surface area contributed by atoms with Crippen LogP contribution in [0, 0.1) is 0 Å². The topological polar surface area (TPSA) is 68.3 Å². The molecule has 4 rings (SSSR count). The maximum Gasteiger partial charge on any atom is 0.339 e. The Labute approximate surface area is 167 Å². The van der Waals surface area contributed by atoms with Crippen LogP contribution in [0.15, 0.2) is 54.6 Å². The number of hydrogen-bond donors (Lipinski definition) is 1. The van der Waals surface area contributed by atoms with E-state index in [4.69, 9.17) is 16.3 Å². The minimum atomic E-state index is -0.862. The van der Waals surface area contributed by atoms with E-state index in [9.17, 15) is 9.59 Å². The molecule has 1 aliphatic carbocycles. The Bertz CT molecular complexity index is 1050. The molecular weight excluding hydrogens is 376 g/mol. The Kier molecular flexibility index (Phi) is 5.01. The van der Waals surface area contributed by atoms with Crippen molar-refractivity contribution < 1.29 is 14.3 Å². The van der Waals surface area contributed by atoms with Gasteiger partial charge in [-0.1, -0.05) is 41.9 Å². The lowest BCUT2D eigenvalue weighted by atomic mass is 10.0. The molecule has 0 bridgehead atoms. The van der Waals surface area contributed by atoms with Gasteiger partial charge in [-0.15, -0.1) is 0 Å². The summed E-state index contributed by atoms with van der Waals surface area (Å²) in [6.07, 6.45) is 1.09. The summed E-state index contributed by atoms with van der Waals surface area (Å²) in [4.78, 5) is 29.6. The average molecular weight is 395 g/mol. The number of rotatable bonds is 5. The number of nitrogens with zero attached hydrogens (tertiary/aromatic N) is 1. The molecule has 1 atom stereocenters. The van der Waals surface area contributed by atoms with E-state index in [-0.39, 0.29) is 11.9 Å². The number of fused-ring (bicyclic) bond motifs is 1. The zero-order chi connectivity index (χ0) is 19.7. The molecule has 1 aliphatic rings. The molecular formula is C22H19ClN2O3. The van der Waals surface area contributed by atoms with Gasteiger partial charge in [0.15, 0.2) is 6.10 Å². The molecule has 1 N–H and O–H groups in total. The number of amides is 1. The van der Waals surface area contributed by atoms with Gasteiger partial charge in [-0.3, -0.25) is 4.79 Å². The Morgan fingerprint density at radius 1 is 1.14 bits per heavy atom. The van der Waals surface area contributed by atoms with E-state index in [2.05, 4.69) is 10.3 Å². The quantitative estimate of drug-likeness (QED) is 0.652. The van der Waals surface area contributed by atoms with Crippen LogP contribution in [0.25, 0.3) is 22.2 Å². The number of carbonyl (C=O) groups excluding carboxylic acids is 2. The van der Waals surface area contributed by atoms with Crippen molar-refractivity contribution in [1.82, 2.24) is 10.3 Å². The van der Waals surface area contributed by atoms with E-state index in [0.717, 1.165) is 18.4 Å². The maximum atomic E-state index is 12.9. The molecule has 3 aromatic rings. The minimum absolute atomic E-state index is 0.215. The third kappa shape index (κ3) is 3.99. The molecule has 0 unspecified atom stereocenters. The summed E-state index contributed by atoms with van der Waals surface area (Å²) in [7, 11) is 0. The number of halogens is 1. The average Bonchev–Trinajstić information content (AvgIpc) is 3.51. The maximum absolute atomic E-state index is 12.9. The molecule has 142 valence electrons. The molecule has 1 aromatic heterocycles. The zero-order valence-electron chi connectivity index (χ0n) is 15.3. The number of aromatic nitrogens is 1. The first kappa shape index (κ1) is 18.4. The number of ether oxygens (including phenoxy) is 1. The third-order valence-electron chi connectivity index (χ3n) is 4.65. The van der Waals surface area contributed by atoms with E-state index in [1.54, 1.807) is 25.1 Å². The first-order valence-electron chi connectivity index (χ1n) is 9.18. The number of benzene rings is 2. The predicted molar refractivity (Wildman–Crippen MR) is 108 cm³/mol. The summed E-state index contributed by atoms with van der Waals surface area (Å²) in [5.74, 6) is -0.820. The zero-order valence-corrected chi connectivity index (χ0v) is 16.1. The SMILES string of the molecule is C[C@@H](OC(=O)c1cc(-c2ccc(Cl)cc2)nc2ccccc12)C(=O)NC1CC1. The number of pyridine rings is 1. The molecule has 6 heteroatoms. The minimum Gasteiger partial charge on any atom is -0.449 e. The van der Waals surface area contributed by atoms with Crippen molar-refractivity contribution in [3.63, 3.8) is 0 Å². The summed E-state index contributed by atoms with van der Waals surface area (Å²) in [5, 5.41) is 4.15. The molecule has 5 nitrogen and oxygen atoms in total. The summed E-state index contributed by atoms with van der Waals surface area (Å²) >= 11 is 5.97. The number of nitrogens with one attached hydrogen (secondary N) is 1. The highest BCUT2D eigenvalue weighted by atomic mass is 35.5. The van der Waals surface area contributed by atoms with Crippen LogP contribution < -0.4 is 5.32 Å². The van der Waals surface area contributed by atoms with Crippen molar-refractivity contribution >= 4 is 34.4 Å². The lowest BCUT2D eigenvalue weighted by Gasteiger charge is -2.15. The molecule has 1 saturated carbocycles. The second kappa shape index (κ2) is 7.60. The van der Waals surface area contributed by atoms with E-state index in [0.29, 0.717) is 27.2 Å². The fourth-order valence-electron chi connectivity index (χ4n) is 2.94. The van der Waals surface area contributed by atoms with Gasteiger partial charge >= 0.3 is 5.97 Å². The van der Waals surface area contributed by atoms with Gasteiger partial charge in [0.2, 0.25) is 0 Å². The monoisotopic (exact) mass is 394 g/mol. The smallest absolute Gasteiger partial charge is 0.339 e. The van der Waals surface area contributed by atoms with Gasteiger partial charge in [-0.05, 0) is 44.0 Å². The van der Waals surface area contributed by atoms with E-state index in [1.165, 1.54) is 0 Å². The number of hydrogen-bond acceptors (Lipinski definition) is 4. The second-order valence-corrected chi connectivity index (χ2v) is 7.35. The second-order valence-electron chi connectivity index (χ2n) is 6.91. The number of esters is 1. The van der Waals surface area contributed by atoms with Crippen LogP contribution in [0.5, 0.6) is 0 Å². The first-order valence-corrected chi connectivity index (χ1v) is 9.56. The standard InChI is InChI=1S/C22H19ClN2O3/c1-13(21(26)24-16-10-11-16)28-22(27)18-12-20(14-6-8-15(23)9-7-14)25-19-5-3-2-4-17(18)19/h2-9,12-13,16H,10-11H2,1H3,(H,24,26)/t13-/m1/s1. The fraction of sp³-hybridized carbons (Fsp3) is 0.227. The van der Waals surface area contributed by atoms with Gasteiger partial charge in [0.05, 0.1) is 16.8 Å². The molecule has 0 spiro atoms. The number of carbonyl (C=O) groups is 2. The highest BCUT2D eigenvalue weighted by Crippen LogP contribution is 2.27. The molecule has 2 aromatic carbocycles. The van der Waals surface area contributed by atoms with Crippen molar-refractivity contribution in [2.24, 2.45) is 0 Å². The van der Waals surface area contributed by atoms with Gasteiger partial charge in [0.25, 0.3) is 5.91 Å². The lowest BCUT2D eigenvalue weighted by molar-refractivity contribution is -0.129. The molecule has 28 heavy (non-hydrogen) atoms. The van der Waals surface area contributed by atoms with Crippen LogP contribution in [-0.4, -0.2) is 29.0 Å². The van der Waals surface area contributed by atoms with Crippen LogP contribution in [-0.2, 0) is 9.53 Å². The fourth-order valence-corrected chi connectivity index (χ4v) is 3.06. The van der Waals surface area contributed by atoms with Gasteiger partial charge in [0.1, 0.15) is 0 Å². The van der Waals surface area contributed by atoms with Crippen molar-refractivity contribution in [2.75, 3.05) is 0 Å². The summed E-state index contributed by atoms with van der Waals surface area (Å²) < 4.78 is 5.45. The van der Waals surface area contributed by atoms with Crippen molar-refractivity contribution in [1.29, 1.82) is 0 Å². The molecule has 1 fully saturated rings. The van der Waals surface area contributed by atoms with Crippen LogP contribution >= 0.6 is 11.6 Å². The normalized spacial score (nSPS) is 14.5. The largest absolute Gasteiger partial charge is 0.449 e. The highest BCUT2D eigenvalue weighted by Gasteiger charge is 2.28. The van der Waals surface area contributed by atoms with Crippen LogP contribution in [0.4, 0.5) is 0 Å². The van der Waals surface area contributed by atoms with Gasteiger partial charge in [-0.2, -0.15) is 0 Å². The van der Waals surface area contributed by atoms with E-state index in [1.807, 2.05) is 36.4 Å². The van der Waals surface area contributed by atoms with Gasteiger partial charge < -0.3 is 10.1 Å². The van der Waals surface area contributed by atoms with Crippen molar-refractivity contribution in [3.05, 3.63) is 65.2 Å².